The Hall–Kier alpha value is -1.30. The fourth-order valence-electron chi connectivity index (χ4n) is 1.40. The van der Waals surface area contributed by atoms with Gasteiger partial charge in [-0.05, 0) is 24.1 Å². The van der Waals surface area contributed by atoms with Crippen LogP contribution in [0, 0.1) is 6.92 Å². The molecular weight excluding hydrogens is 268 g/mol. The van der Waals surface area contributed by atoms with E-state index >= 15 is 0 Å². The Morgan fingerprint density at radius 1 is 1.39 bits per heavy atom. The van der Waals surface area contributed by atoms with Crippen molar-refractivity contribution in [2.75, 3.05) is 5.43 Å². The number of anilines is 1. The van der Waals surface area contributed by atoms with E-state index in [0.717, 1.165) is 26.9 Å². The molecule has 0 aliphatic carbocycles. The Morgan fingerprint density at radius 3 is 2.89 bits per heavy atom. The average Bonchev–Trinajstić information content (AvgIpc) is 2.39. The molecule has 1 aromatic carbocycles. The van der Waals surface area contributed by atoms with E-state index in [9.17, 15) is 0 Å². The van der Waals surface area contributed by atoms with Gasteiger partial charge in [0.25, 0.3) is 0 Å². The van der Waals surface area contributed by atoms with E-state index in [4.69, 9.17) is 17.4 Å². The van der Waals surface area contributed by atoms with Gasteiger partial charge < -0.3 is 0 Å². The van der Waals surface area contributed by atoms with Crippen LogP contribution in [0.25, 0.3) is 0 Å². The summed E-state index contributed by atoms with van der Waals surface area (Å²) < 4.78 is 0. The van der Waals surface area contributed by atoms with Gasteiger partial charge in [-0.3, -0.25) is 5.43 Å². The third-order valence-electron chi connectivity index (χ3n) is 2.38. The highest BCUT2D eigenvalue weighted by molar-refractivity contribution is 7.98. The van der Waals surface area contributed by atoms with Crippen LogP contribution in [0.2, 0.25) is 5.02 Å². The van der Waals surface area contributed by atoms with Crippen LogP contribution in [0.4, 0.5) is 5.95 Å². The number of aromatic nitrogens is 2. The fourth-order valence-corrected chi connectivity index (χ4v) is 2.66. The van der Waals surface area contributed by atoms with Gasteiger partial charge in [-0.15, -0.1) is 11.8 Å². The number of halogens is 1. The quantitative estimate of drug-likeness (QED) is 0.390. The second-order valence-corrected chi connectivity index (χ2v) is 5.08. The minimum absolute atomic E-state index is 0.419. The van der Waals surface area contributed by atoms with Crippen LogP contribution in [-0.2, 0) is 5.75 Å². The molecule has 0 aliphatic rings. The van der Waals surface area contributed by atoms with Crippen LogP contribution in [-0.4, -0.2) is 9.97 Å². The number of benzene rings is 1. The number of thioether (sulfide) groups is 1. The molecule has 1 aromatic heterocycles. The summed E-state index contributed by atoms with van der Waals surface area (Å²) in [6.45, 7) is 1.97. The first-order valence-corrected chi connectivity index (χ1v) is 6.73. The zero-order chi connectivity index (χ0) is 13.0. The number of rotatable bonds is 4. The first-order valence-electron chi connectivity index (χ1n) is 5.37. The number of nitrogens with zero attached hydrogens (tertiary/aromatic N) is 2. The second-order valence-electron chi connectivity index (χ2n) is 3.71. The van der Waals surface area contributed by atoms with Crippen LogP contribution < -0.4 is 11.3 Å². The van der Waals surface area contributed by atoms with E-state index in [0.29, 0.717) is 5.95 Å². The lowest BCUT2D eigenvalue weighted by molar-refractivity contribution is 0.992. The van der Waals surface area contributed by atoms with Crippen LogP contribution in [0.1, 0.15) is 11.1 Å². The highest BCUT2D eigenvalue weighted by atomic mass is 35.5. The molecule has 0 bridgehead atoms. The lowest BCUT2D eigenvalue weighted by Crippen LogP contribution is -2.10. The summed E-state index contributed by atoms with van der Waals surface area (Å²) in [5, 5.41) is 1.67. The van der Waals surface area contributed by atoms with Crippen molar-refractivity contribution >= 4 is 29.3 Å². The molecule has 6 heteroatoms. The van der Waals surface area contributed by atoms with Gasteiger partial charge in [0.15, 0.2) is 0 Å². The fraction of sp³-hybridized carbons (Fsp3) is 0.167. The summed E-state index contributed by atoms with van der Waals surface area (Å²) in [6, 6.07) is 7.79. The van der Waals surface area contributed by atoms with E-state index in [1.807, 2.05) is 31.2 Å². The van der Waals surface area contributed by atoms with Gasteiger partial charge in [0.2, 0.25) is 5.95 Å². The molecule has 3 N–H and O–H groups in total. The Kier molecular flexibility index (Phi) is 4.41. The van der Waals surface area contributed by atoms with Crippen molar-refractivity contribution in [3.8, 4) is 0 Å². The number of hydrogen-bond donors (Lipinski definition) is 2. The highest BCUT2D eigenvalue weighted by Gasteiger charge is 2.06. The van der Waals surface area contributed by atoms with Gasteiger partial charge in [0.1, 0.15) is 5.03 Å². The summed E-state index contributed by atoms with van der Waals surface area (Å²) in [5.74, 6) is 6.48. The molecule has 18 heavy (non-hydrogen) atoms. The molecule has 0 spiro atoms. The zero-order valence-electron chi connectivity index (χ0n) is 9.85. The summed E-state index contributed by atoms with van der Waals surface area (Å²) >= 11 is 7.72. The molecule has 0 unspecified atom stereocenters. The van der Waals surface area contributed by atoms with Gasteiger partial charge in [-0.1, -0.05) is 29.8 Å². The number of nitrogen functional groups attached to an aromatic ring is 1. The maximum absolute atomic E-state index is 6.11. The van der Waals surface area contributed by atoms with Crippen molar-refractivity contribution in [1.82, 2.24) is 9.97 Å². The number of nitrogens with one attached hydrogen (secondary N) is 1. The molecule has 0 saturated heterocycles. The molecule has 2 aromatic rings. The van der Waals surface area contributed by atoms with Crippen LogP contribution in [0.3, 0.4) is 0 Å². The summed E-state index contributed by atoms with van der Waals surface area (Å²) in [4.78, 5) is 8.35. The monoisotopic (exact) mass is 280 g/mol. The van der Waals surface area contributed by atoms with Gasteiger partial charge >= 0.3 is 0 Å². The van der Waals surface area contributed by atoms with Gasteiger partial charge in [-0.25, -0.2) is 15.8 Å². The maximum atomic E-state index is 6.11. The molecule has 0 amide bonds. The molecular formula is C12H13ClN4S. The minimum Gasteiger partial charge on any atom is -0.292 e. The smallest absolute Gasteiger partial charge is 0.238 e. The van der Waals surface area contributed by atoms with Gasteiger partial charge in [-0.2, -0.15) is 0 Å². The molecule has 0 fully saturated rings. The lowest BCUT2D eigenvalue weighted by Gasteiger charge is -2.07. The standard InChI is InChI=1S/C12H13ClN4S/c1-8-6-15-12(17-14)16-11(8)18-7-9-4-2-3-5-10(9)13/h2-6H,7,14H2,1H3,(H,15,16,17). The molecule has 0 aliphatic heterocycles. The summed E-state index contributed by atoms with van der Waals surface area (Å²) in [5.41, 5.74) is 4.55. The van der Waals surface area contributed by atoms with Gasteiger partial charge in [0.05, 0.1) is 0 Å². The zero-order valence-corrected chi connectivity index (χ0v) is 11.4. The number of nitrogens with two attached hydrogens (primary N) is 1. The predicted octanol–water partition coefficient (Wildman–Crippen LogP) is 3.02. The molecule has 1 heterocycles. The second kappa shape index (κ2) is 6.04. The van der Waals surface area contributed by atoms with Crippen LogP contribution in [0.5, 0.6) is 0 Å². The Morgan fingerprint density at radius 2 is 2.17 bits per heavy atom. The Bertz CT molecular complexity index is 547. The number of aryl methyl sites for hydroxylation is 1. The van der Waals surface area contributed by atoms with Crippen molar-refractivity contribution < 1.29 is 0 Å². The third-order valence-corrected chi connectivity index (χ3v) is 3.89. The molecule has 0 radical (unpaired) electrons. The van der Waals surface area contributed by atoms with E-state index in [-0.39, 0.29) is 0 Å². The summed E-state index contributed by atoms with van der Waals surface area (Å²) in [7, 11) is 0. The summed E-state index contributed by atoms with van der Waals surface area (Å²) in [6.07, 6.45) is 1.75. The molecule has 2 rings (SSSR count). The number of hydrogen-bond acceptors (Lipinski definition) is 5. The molecule has 0 saturated carbocycles. The average molecular weight is 281 g/mol. The maximum Gasteiger partial charge on any atom is 0.238 e. The van der Waals surface area contributed by atoms with E-state index in [2.05, 4.69) is 15.4 Å². The molecule has 94 valence electrons. The lowest BCUT2D eigenvalue weighted by atomic mass is 10.2. The normalized spacial score (nSPS) is 10.4. The predicted molar refractivity (Wildman–Crippen MR) is 75.6 cm³/mol. The van der Waals surface area contributed by atoms with Crippen molar-refractivity contribution in [3.05, 3.63) is 46.6 Å². The van der Waals surface area contributed by atoms with Crippen LogP contribution >= 0.6 is 23.4 Å². The largest absolute Gasteiger partial charge is 0.292 e. The van der Waals surface area contributed by atoms with Crippen molar-refractivity contribution in [2.24, 2.45) is 5.84 Å². The molecule has 0 atom stereocenters. The van der Waals surface area contributed by atoms with E-state index in [1.54, 1.807) is 18.0 Å². The molecule has 4 nitrogen and oxygen atoms in total. The first-order chi connectivity index (χ1) is 8.70. The minimum atomic E-state index is 0.419. The number of hydrazine groups is 1. The van der Waals surface area contributed by atoms with E-state index < -0.39 is 0 Å². The van der Waals surface area contributed by atoms with Crippen molar-refractivity contribution in [1.29, 1.82) is 0 Å². The van der Waals surface area contributed by atoms with E-state index in [1.165, 1.54) is 0 Å². The first kappa shape index (κ1) is 13.1. The highest BCUT2D eigenvalue weighted by Crippen LogP contribution is 2.27. The SMILES string of the molecule is Cc1cnc(NN)nc1SCc1ccccc1Cl. The van der Waals surface area contributed by atoms with Gasteiger partial charge in [0, 0.05) is 17.0 Å². The Labute approximate surface area is 115 Å². The third kappa shape index (κ3) is 3.13. The Balaban J connectivity index is 2.13. The van der Waals surface area contributed by atoms with Crippen molar-refractivity contribution in [3.63, 3.8) is 0 Å². The van der Waals surface area contributed by atoms with Crippen molar-refractivity contribution in [2.45, 2.75) is 17.7 Å². The van der Waals surface area contributed by atoms with Crippen LogP contribution in [0.15, 0.2) is 35.5 Å². The topological polar surface area (TPSA) is 63.8 Å².